The average molecular weight is 354 g/mol. The fraction of sp³-hybridized carbons (Fsp3) is 0.0435. The van der Waals surface area contributed by atoms with Crippen molar-refractivity contribution in [1.29, 1.82) is 0 Å². The van der Waals surface area contributed by atoms with E-state index in [-0.39, 0.29) is 5.56 Å². The van der Waals surface area contributed by atoms with Crippen LogP contribution >= 0.6 is 0 Å². The van der Waals surface area contributed by atoms with Crippen molar-refractivity contribution >= 4 is 23.1 Å². The van der Waals surface area contributed by atoms with E-state index in [1.165, 1.54) is 0 Å². The summed E-state index contributed by atoms with van der Waals surface area (Å²) in [5, 5.41) is 0.581. The highest BCUT2D eigenvalue weighted by Gasteiger charge is 2.11. The zero-order chi connectivity index (χ0) is 18.6. The number of benzene rings is 3. The number of hydrogen-bond acceptors (Lipinski definition) is 3. The first-order chi connectivity index (χ1) is 13.3. The molecule has 0 atom stereocenters. The average Bonchev–Trinajstić information content (AvgIpc) is 2.73. The van der Waals surface area contributed by atoms with E-state index in [9.17, 15) is 4.79 Å². The molecular weight excluding hydrogens is 336 g/mol. The molecule has 4 heteroatoms. The molecule has 0 spiro atoms. The first kappa shape index (κ1) is 16.8. The standard InChI is InChI=1S/C23H18N2O2/c1-27-19-11-7-10-18(16-19)25-22(15-14-17-8-3-2-4-9-17)24-21-13-6-5-12-20(21)23(25)26/h2-16H,1H3/b15-14-. The van der Waals surface area contributed by atoms with Gasteiger partial charge in [0, 0.05) is 6.07 Å². The summed E-state index contributed by atoms with van der Waals surface area (Å²) >= 11 is 0. The Morgan fingerprint density at radius 2 is 1.67 bits per heavy atom. The largest absolute Gasteiger partial charge is 0.497 e. The van der Waals surface area contributed by atoms with Crippen molar-refractivity contribution in [1.82, 2.24) is 9.55 Å². The summed E-state index contributed by atoms with van der Waals surface area (Å²) < 4.78 is 6.93. The predicted octanol–water partition coefficient (Wildman–Crippen LogP) is 4.56. The van der Waals surface area contributed by atoms with E-state index in [0.717, 1.165) is 5.56 Å². The molecule has 27 heavy (non-hydrogen) atoms. The number of hydrogen-bond donors (Lipinski definition) is 0. The van der Waals surface area contributed by atoms with Crippen molar-refractivity contribution in [2.24, 2.45) is 0 Å². The zero-order valence-corrected chi connectivity index (χ0v) is 14.9. The van der Waals surface area contributed by atoms with Crippen LogP contribution < -0.4 is 10.3 Å². The molecule has 0 N–H and O–H groups in total. The van der Waals surface area contributed by atoms with Crippen molar-refractivity contribution < 1.29 is 4.74 Å². The Morgan fingerprint density at radius 1 is 0.889 bits per heavy atom. The number of fused-ring (bicyclic) bond motifs is 1. The molecule has 0 radical (unpaired) electrons. The van der Waals surface area contributed by atoms with Gasteiger partial charge in [0.2, 0.25) is 0 Å². The van der Waals surface area contributed by atoms with Gasteiger partial charge in [-0.3, -0.25) is 9.36 Å². The molecule has 0 aliphatic heterocycles. The van der Waals surface area contributed by atoms with Gasteiger partial charge < -0.3 is 4.74 Å². The molecular formula is C23H18N2O2. The monoisotopic (exact) mass is 354 g/mol. The summed E-state index contributed by atoms with van der Waals surface area (Å²) in [7, 11) is 1.61. The van der Waals surface area contributed by atoms with Gasteiger partial charge in [0.25, 0.3) is 5.56 Å². The van der Waals surface area contributed by atoms with Crippen LogP contribution in [0.5, 0.6) is 5.75 Å². The molecule has 3 aromatic carbocycles. The Bertz CT molecular complexity index is 1180. The maximum absolute atomic E-state index is 13.2. The molecule has 1 heterocycles. The summed E-state index contributed by atoms with van der Waals surface area (Å²) in [4.78, 5) is 17.9. The highest BCUT2D eigenvalue weighted by atomic mass is 16.5. The summed E-state index contributed by atoms with van der Waals surface area (Å²) in [6.45, 7) is 0. The van der Waals surface area contributed by atoms with Crippen LogP contribution in [0.3, 0.4) is 0 Å². The van der Waals surface area contributed by atoms with Crippen LogP contribution in [0.25, 0.3) is 28.7 Å². The van der Waals surface area contributed by atoms with Crippen LogP contribution in [-0.2, 0) is 0 Å². The third-order valence-corrected chi connectivity index (χ3v) is 4.34. The van der Waals surface area contributed by atoms with E-state index in [0.29, 0.717) is 28.2 Å². The molecule has 1 aromatic heterocycles. The molecule has 132 valence electrons. The van der Waals surface area contributed by atoms with Crippen LogP contribution in [0.1, 0.15) is 11.4 Å². The summed E-state index contributed by atoms with van der Waals surface area (Å²) in [6, 6.07) is 24.7. The Hall–Kier alpha value is -3.66. The lowest BCUT2D eigenvalue weighted by Crippen LogP contribution is -2.22. The van der Waals surface area contributed by atoms with Crippen LogP contribution in [0.15, 0.2) is 83.7 Å². The zero-order valence-electron chi connectivity index (χ0n) is 14.9. The lowest BCUT2D eigenvalue weighted by atomic mass is 10.2. The van der Waals surface area contributed by atoms with E-state index < -0.39 is 0 Å². The smallest absolute Gasteiger partial charge is 0.266 e. The molecule has 0 amide bonds. The molecule has 0 unspecified atom stereocenters. The van der Waals surface area contributed by atoms with E-state index in [1.807, 2.05) is 84.9 Å². The molecule has 0 saturated heterocycles. The SMILES string of the molecule is COc1cccc(-n2c(/C=C\c3ccccc3)nc3ccccc3c2=O)c1. The molecule has 4 nitrogen and oxygen atoms in total. The summed E-state index contributed by atoms with van der Waals surface area (Å²) in [5.74, 6) is 1.25. The summed E-state index contributed by atoms with van der Waals surface area (Å²) in [6.07, 6.45) is 3.82. The molecule has 4 aromatic rings. The Labute approximate surface area is 157 Å². The maximum atomic E-state index is 13.2. The summed E-state index contributed by atoms with van der Waals surface area (Å²) in [5.41, 5.74) is 2.32. The molecule has 0 saturated carbocycles. The second-order valence-electron chi connectivity index (χ2n) is 6.07. The minimum absolute atomic E-state index is 0.110. The normalized spacial score (nSPS) is 11.1. The quantitative estimate of drug-likeness (QED) is 0.539. The third kappa shape index (κ3) is 3.37. The number of ether oxygens (including phenoxy) is 1. The Balaban J connectivity index is 1.95. The minimum Gasteiger partial charge on any atom is -0.497 e. The van der Waals surface area contributed by atoms with Gasteiger partial charge in [0.1, 0.15) is 11.6 Å². The fourth-order valence-electron chi connectivity index (χ4n) is 3.00. The van der Waals surface area contributed by atoms with E-state index in [1.54, 1.807) is 17.7 Å². The second-order valence-corrected chi connectivity index (χ2v) is 6.07. The number of methoxy groups -OCH3 is 1. The van der Waals surface area contributed by atoms with Crippen LogP contribution in [0.2, 0.25) is 0 Å². The fourth-order valence-corrected chi connectivity index (χ4v) is 3.00. The lowest BCUT2D eigenvalue weighted by molar-refractivity contribution is 0.414. The van der Waals surface area contributed by atoms with Gasteiger partial charge in [-0.25, -0.2) is 4.98 Å². The third-order valence-electron chi connectivity index (χ3n) is 4.34. The first-order valence-electron chi connectivity index (χ1n) is 8.65. The van der Waals surface area contributed by atoms with Crippen molar-refractivity contribution in [3.63, 3.8) is 0 Å². The Kier molecular flexibility index (Phi) is 4.54. The van der Waals surface area contributed by atoms with Crippen molar-refractivity contribution in [3.8, 4) is 11.4 Å². The van der Waals surface area contributed by atoms with Crippen molar-refractivity contribution in [3.05, 3.63) is 101 Å². The number of aromatic nitrogens is 2. The van der Waals surface area contributed by atoms with Gasteiger partial charge in [-0.05, 0) is 35.9 Å². The lowest BCUT2D eigenvalue weighted by Gasteiger charge is -2.12. The van der Waals surface area contributed by atoms with Crippen LogP contribution in [0.4, 0.5) is 0 Å². The number of nitrogens with zero attached hydrogens (tertiary/aromatic N) is 2. The highest BCUT2D eigenvalue weighted by Crippen LogP contribution is 2.19. The topological polar surface area (TPSA) is 44.1 Å². The highest BCUT2D eigenvalue weighted by molar-refractivity contribution is 5.80. The van der Waals surface area contributed by atoms with Gasteiger partial charge in [-0.15, -0.1) is 0 Å². The molecule has 0 aliphatic carbocycles. The van der Waals surface area contributed by atoms with Gasteiger partial charge in [0.05, 0.1) is 23.7 Å². The van der Waals surface area contributed by atoms with Crippen molar-refractivity contribution in [2.45, 2.75) is 0 Å². The van der Waals surface area contributed by atoms with E-state index >= 15 is 0 Å². The van der Waals surface area contributed by atoms with Gasteiger partial charge in [-0.2, -0.15) is 0 Å². The van der Waals surface area contributed by atoms with Crippen molar-refractivity contribution in [2.75, 3.05) is 7.11 Å². The molecule has 0 bridgehead atoms. The molecule has 0 aliphatic rings. The van der Waals surface area contributed by atoms with Crippen LogP contribution in [0, 0.1) is 0 Å². The maximum Gasteiger partial charge on any atom is 0.266 e. The number of rotatable bonds is 4. The van der Waals surface area contributed by atoms with E-state index in [2.05, 4.69) is 0 Å². The predicted molar refractivity (Wildman–Crippen MR) is 109 cm³/mol. The van der Waals surface area contributed by atoms with Gasteiger partial charge in [-0.1, -0.05) is 54.6 Å². The first-order valence-corrected chi connectivity index (χ1v) is 8.65. The van der Waals surface area contributed by atoms with E-state index in [4.69, 9.17) is 9.72 Å². The molecule has 4 rings (SSSR count). The van der Waals surface area contributed by atoms with Crippen LogP contribution in [-0.4, -0.2) is 16.7 Å². The van der Waals surface area contributed by atoms with Gasteiger partial charge in [0.15, 0.2) is 0 Å². The Morgan fingerprint density at radius 3 is 2.48 bits per heavy atom. The minimum atomic E-state index is -0.110. The molecule has 0 fully saturated rings. The van der Waals surface area contributed by atoms with Gasteiger partial charge >= 0.3 is 0 Å². The number of para-hydroxylation sites is 1. The second kappa shape index (κ2) is 7.30.